The number of aliphatic hydroxyl groups excluding tert-OH is 1. The van der Waals surface area contributed by atoms with Crippen LogP contribution in [-0.2, 0) is 24.0 Å². The second-order valence-electron chi connectivity index (χ2n) is 7.49. The molecule has 0 radical (unpaired) electrons. The van der Waals surface area contributed by atoms with Crippen LogP contribution >= 0.6 is 0 Å². The van der Waals surface area contributed by atoms with Crippen molar-refractivity contribution in [3.8, 4) is 0 Å². The molecule has 0 aromatic heterocycles. The van der Waals surface area contributed by atoms with E-state index in [1.165, 1.54) is 4.90 Å². The van der Waals surface area contributed by atoms with Gasteiger partial charge in [-0.05, 0) is 12.3 Å². The summed E-state index contributed by atoms with van der Waals surface area (Å²) in [5.74, 6) is -4.06. The van der Waals surface area contributed by atoms with Gasteiger partial charge in [0.1, 0.15) is 12.1 Å². The number of nitrogens with zero attached hydrogens (tertiary/aromatic N) is 1. The molecule has 12 nitrogen and oxygen atoms in total. The fraction of sp³-hybridized carbons (Fsp3) is 0.722. The van der Waals surface area contributed by atoms with E-state index in [2.05, 4.69) is 10.6 Å². The number of carboxylic acid groups (broad SMARTS) is 1. The molecule has 0 bridgehead atoms. The van der Waals surface area contributed by atoms with Gasteiger partial charge >= 0.3 is 5.97 Å². The minimum Gasteiger partial charge on any atom is -0.480 e. The zero-order chi connectivity index (χ0) is 23.0. The molecule has 170 valence electrons. The molecule has 0 unspecified atom stereocenters. The van der Waals surface area contributed by atoms with Gasteiger partial charge in [-0.2, -0.15) is 0 Å². The van der Waals surface area contributed by atoms with Gasteiger partial charge in [0, 0.05) is 19.4 Å². The summed E-state index contributed by atoms with van der Waals surface area (Å²) in [5.41, 5.74) is 10.9. The van der Waals surface area contributed by atoms with Crippen LogP contribution in [0.1, 0.15) is 39.5 Å². The van der Waals surface area contributed by atoms with Crippen LogP contribution < -0.4 is 22.1 Å². The Bertz CT molecular complexity index is 671. The lowest BCUT2D eigenvalue weighted by molar-refractivity contribution is -0.142. The highest BCUT2D eigenvalue weighted by molar-refractivity contribution is 5.93. The number of aliphatic carboxylic acids is 1. The molecule has 4 amide bonds. The van der Waals surface area contributed by atoms with Crippen LogP contribution in [-0.4, -0.2) is 82.0 Å². The third-order valence-electron chi connectivity index (χ3n) is 5.14. The second-order valence-corrected chi connectivity index (χ2v) is 7.49. The summed E-state index contributed by atoms with van der Waals surface area (Å²) in [7, 11) is 0. The first-order valence-electron chi connectivity index (χ1n) is 9.80. The van der Waals surface area contributed by atoms with Crippen molar-refractivity contribution in [1.29, 1.82) is 0 Å². The number of likely N-dealkylation sites (tertiary alicyclic amines) is 1. The van der Waals surface area contributed by atoms with Gasteiger partial charge in [0.05, 0.1) is 18.7 Å². The van der Waals surface area contributed by atoms with Crippen LogP contribution in [0.4, 0.5) is 0 Å². The van der Waals surface area contributed by atoms with Crippen molar-refractivity contribution in [3.05, 3.63) is 0 Å². The molecular weight excluding hydrogens is 398 g/mol. The van der Waals surface area contributed by atoms with Crippen molar-refractivity contribution in [2.75, 3.05) is 13.1 Å². The number of primary amides is 1. The molecule has 12 heteroatoms. The zero-order valence-corrected chi connectivity index (χ0v) is 17.2. The van der Waals surface area contributed by atoms with E-state index in [1.807, 2.05) is 13.8 Å². The molecule has 1 heterocycles. The number of carbonyl (C=O) groups excluding carboxylic acids is 4. The molecule has 30 heavy (non-hydrogen) atoms. The predicted molar refractivity (Wildman–Crippen MR) is 105 cm³/mol. The fourth-order valence-corrected chi connectivity index (χ4v) is 3.07. The van der Waals surface area contributed by atoms with Crippen molar-refractivity contribution in [2.45, 2.75) is 63.8 Å². The average molecular weight is 429 g/mol. The SMILES string of the molecule is CC[C@H](C)[C@H](N)C(=O)N1C[C@H](O)C[C@H]1C(=O)NCC(=O)N[C@@H](CCC(N)=O)C(=O)O. The third-order valence-corrected chi connectivity index (χ3v) is 5.14. The van der Waals surface area contributed by atoms with Gasteiger partial charge in [-0.25, -0.2) is 4.79 Å². The lowest BCUT2D eigenvalue weighted by Crippen LogP contribution is -2.54. The summed E-state index contributed by atoms with van der Waals surface area (Å²) in [6, 6.07) is -3.14. The Labute approximate surface area is 174 Å². The molecule has 0 spiro atoms. The third kappa shape index (κ3) is 7.26. The number of carbonyl (C=O) groups is 5. The monoisotopic (exact) mass is 429 g/mol. The van der Waals surface area contributed by atoms with Crippen LogP contribution in [0.5, 0.6) is 0 Å². The van der Waals surface area contributed by atoms with Crippen molar-refractivity contribution >= 4 is 29.6 Å². The zero-order valence-electron chi connectivity index (χ0n) is 17.2. The normalized spacial score (nSPS) is 21.4. The van der Waals surface area contributed by atoms with E-state index in [4.69, 9.17) is 16.6 Å². The number of aliphatic hydroxyl groups is 1. The average Bonchev–Trinajstić information content (AvgIpc) is 3.08. The largest absolute Gasteiger partial charge is 0.480 e. The second kappa shape index (κ2) is 11.5. The highest BCUT2D eigenvalue weighted by Gasteiger charge is 2.41. The van der Waals surface area contributed by atoms with E-state index < -0.39 is 60.4 Å². The Kier molecular flexibility index (Phi) is 9.66. The summed E-state index contributed by atoms with van der Waals surface area (Å²) in [5, 5.41) is 23.5. The van der Waals surface area contributed by atoms with Gasteiger partial charge in [-0.1, -0.05) is 20.3 Å². The van der Waals surface area contributed by atoms with E-state index in [1.54, 1.807) is 0 Å². The van der Waals surface area contributed by atoms with Crippen LogP contribution in [0.25, 0.3) is 0 Å². The van der Waals surface area contributed by atoms with Gasteiger partial charge in [-0.3, -0.25) is 19.2 Å². The minimum atomic E-state index is -1.34. The van der Waals surface area contributed by atoms with Crippen LogP contribution in [0.15, 0.2) is 0 Å². The Morgan fingerprint density at radius 1 is 1.23 bits per heavy atom. The van der Waals surface area contributed by atoms with E-state index in [0.29, 0.717) is 6.42 Å². The lowest BCUT2D eigenvalue weighted by Gasteiger charge is -2.28. The van der Waals surface area contributed by atoms with E-state index in [0.717, 1.165) is 0 Å². The molecule has 1 aliphatic heterocycles. The minimum absolute atomic E-state index is 0.00276. The van der Waals surface area contributed by atoms with Crippen molar-refractivity contribution in [3.63, 3.8) is 0 Å². The van der Waals surface area contributed by atoms with Crippen molar-refractivity contribution in [2.24, 2.45) is 17.4 Å². The van der Waals surface area contributed by atoms with Gasteiger partial charge in [0.2, 0.25) is 23.6 Å². The molecule has 0 aromatic rings. The maximum absolute atomic E-state index is 12.6. The molecule has 1 saturated heterocycles. The lowest BCUT2D eigenvalue weighted by atomic mass is 9.98. The summed E-state index contributed by atoms with van der Waals surface area (Å²) in [4.78, 5) is 60.3. The number of amides is 4. The van der Waals surface area contributed by atoms with E-state index in [-0.39, 0.29) is 31.7 Å². The van der Waals surface area contributed by atoms with Gasteiger partial charge in [-0.15, -0.1) is 0 Å². The Morgan fingerprint density at radius 2 is 1.87 bits per heavy atom. The first-order chi connectivity index (χ1) is 14.0. The molecule has 1 rings (SSSR count). The highest BCUT2D eigenvalue weighted by Crippen LogP contribution is 2.21. The number of hydrogen-bond acceptors (Lipinski definition) is 7. The van der Waals surface area contributed by atoms with Gasteiger partial charge in [0.15, 0.2) is 0 Å². The number of rotatable bonds is 11. The number of hydrogen-bond donors (Lipinski definition) is 6. The molecule has 5 atom stereocenters. The number of nitrogens with two attached hydrogens (primary N) is 2. The summed E-state index contributed by atoms with van der Waals surface area (Å²) < 4.78 is 0. The Hall–Kier alpha value is -2.73. The van der Waals surface area contributed by atoms with Crippen LogP contribution in [0.3, 0.4) is 0 Å². The molecule has 0 aliphatic carbocycles. The summed E-state index contributed by atoms with van der Waals surface area (Å²) in [6.45, 7) is 3.12. The standard InChI is InChI=1S/C18H31N5O7/c1-3-9(2)15(20)17(28)23-8-10(24)6-12(23)16(27)21-7-14(26)22-11(18(29)30)4-5-13(19)25/h9-12,15,24H,3-8,20H2,1-2H3,(H2,19,25)(H,21,27)(H,22,26)(H,29,30)/t9-,10+,11-,12-,15-/m0/s1. The maximum atomic E-state index is 12.6. The Balaban J connectivity index is 2.66. The van der Waals surface area contributed by atoms with Crippen molar-refractivity contribution in [1.82, 2.24) is 15.5 Å². The molecule has 0 saturated carbocycles. The quantitative estimate of drug-likeness (QED) is 0.203. The maximum Gasteiger partial charge on any atom is 0.326 e. The number of nitrogens with one attached hydrogen (secondary N) is 2. The Morgan fingerprint density at radius 3 is 2.40 bits per heavy atom. The molecule has 8 N–H and O–H groups in total. The number of β-amino-alcohol motifs (C(OH)–C–C–N with tert-alkyl or cyclic N) is 1. The molecular formula is C18H31N5O7. The first-order valence-corrected chi connectivity index (χ1v) is 9.80. The van der Waals surface area contributed by atoms with E-state index in [9.17, 15) is 29.1 Å². The van der Waals surface area contributed by atoms with Gasteiger partial charge in [0.25, 0.3) is 0 Å². The molecule has 1 aliphatic rings. The molecule has 1 fully saturated rings. The predicted octanol–water partition coefficient (Wildman–Crippen LogP) is -2.73. The first kappa shape index (κ1) is 25.3. The number of carboxylic acids is 1. The van der Waals surface area contributed by atoms with Gasteiger partial charge < -0.3 is 37.2 Å². The molecule has 0 aromatic carbocycles. The fourth-order valence-electron chi connectivity index (χ4n) is 3.07. The summed E-state index contributed by atoms with van der Waals surface area (Å²) in [6.07, 6.45) is -0.636. The van der Waals surface area contributed by atoms with Crippen LogP contribution in [0, 0.1) is 5.92 Å². The highest BCUT2D eigenvalue weighted by atomic mass is 16.4. The van der Waals surface area contributed by atoms with Crippen LogP contribution in [0.2, 0.25) is 0 Å². The van der Waals surface area contributed by atoms with Crippen molar-refractivity contribution < 1.29 is 34.2 Å². The summed E-state index contributed by atoms with van der Waals surface area (Å²) >= 11 is 0. The smallest absolute Gasteiger partial charge is 0.326 e. The van der Waals surface area contributed by atoms with E-state index >= 15 is 0 Å². The topological polar surface area (TPSA) is 205 Å².